The van der Waals surface area contributed by atoms with Gasteiger partial charge in [-0.2, -0.15) is 12.1 Å². The number of benzene rings is 6. The van der Waals surface area contributed by atoms with Gasteiger partial charge in [0.1, 0.15) is 0 Å². The Morgan fingerprint density at radius 3 is 1.08 bits per heavy atom. The summed E-state index contributed by atoms with van der Waals surface area (Å²) in [5.41, 5.74) is 8.15. The molecule has 0 aliphatic heterocycles. The fraction of sp³-hybridized carbons (Fsp3) is 0.152. The maximum absolute atomic E-state index is 2.34. The molecule has 0 atom stereocenters. The van der Waals surface area contributed by atoms with Gasteiger partial charge in [0.2, 0.25) is 0 Å². The third kappa shape index (κ3) is 9.54. The summed E-state index contributed by atoms with van der Waals surface area (Å²) in [7, 11) is 0. The fourth-order valence-corrected chi connectivity index (χ4v) is 6.39. The van der Waals surface area contributed by atoms with Gasteiger partial charge in [0.05, 0.1) is 0 Å². The third-order valence-corrected chi connectivity index (χ3v) is 8.60. The molecule has 0 amide bonds. The second kappa shape index (κ2) is 21.2. The molecule has 0 saturated heterocycles. The molecule has 0 bridgehead atoms. The molecule has 0 heterocycles. The van der Waals surface area contributed by atoms with E-state index in [1.54, 1.807) is 0 Å². The van der Waals surface area contributed by atoms with Crippen molar-refractivity contribution in [2.45, 2.75) is 47.0 Å². The molecule has 50 heavy (non-hydrogen) atoms. The van der Waals surface area contributed by atoms with E-state index in [0.717, 1.165) is 12.8 Å². The van der Waals surface area contributed by atoms with Crippen LogP contribution in [-0.2, 0) is 39.0 Å². The van der Waals surface area contributed by atoms with Crippen LogP contribution in [0.15, 0.2) is 146 Å². The Morgan fingerprint density at radius 2 is 0.720 bits per heavy atom. The number of fused-ring (bicyclic) bond motifs is 4. The molecule has 0 aliphatic carbocycles. The van der Waals surface area contributed by atoms with E-state index in [-0.39, 0.29) is 69.4 Å². The molecular formula is C46H47Cl2SiZr. The van der Waals surface area contributed by atoms with Gasteiger partial charge in [0, 0.05) is 11.0 Å². The molecule has 8 rings (SSSR count). The van der Waals surface area contributed by atoms with Gasteiger partial charge in [-0.3, -0.25) is 0 Å². The SMILES string of the molecule is CCC.CCc1cc2c(-c3cccc4ccccc34)cccc2[cH-]1.CCc1cc2c(-c3cccc4ccccc34)cccc2[cH-]1.Cl.Cl.[CH3-].[Si].[Zr+3]. The van der Waals surface area contributed by atoms with Gasteiger partial charge in [-0.25, -0.2) is 0 Å². The van der Waals surface area contributed by atoms with Gasteiger partial charge in [-0.05, 0) is 45.5 Å². The average molecular weight is 790 g/mol. The summed E-state index contributed by atoms with van der Waals surface area (Å²) in [6, 6.07) is 52.9. The molecule has 8 aromatic rings. The molecule has 5 radical (unpaired) electrons. The van der Waals surface area contributed by atoms with Crippen LogP contribution in [0.2, 0.25) is 0 Å². The van der Waals surface area contributed by atoms with Crippen LogP contribution in [0.25, 0.3) is 65.3 Å². The van der Waals surface area contributed by atoms with Crippen LogP contribution in [0, 0.1) is 7.43 Å². The van der Waals surface area contributed by atoms with Crippen LogP contribution in [0.5, 0.6) is 0 Å². The van der Waals surface area contributed by atoms with Gasteiger partial charge in [-0.1, -0.05) is 142 Å². The Hall–Kier alpha value is -3.26. The Kier molecular flexibility index (Phi) is 19.0. The number of rotatable bonds is 4. The summed E-state index contributed by atoms with van der Waals surface area (Å²) in [6.45, 7) is 8.68. The van der Waals surface area contributed by atoms with Gasteiger partial charge >= 0.3 is 26.2 Å². The molecule has 0 unspecified atom stereocenters. The Bertz CT molecular complexity index is 2040. The summed E-state index contributed by atoms with van der Waals surface area (Å²) in [5.74, 6) is 0. The quantitative estimate of drug-likeness (QED) is 0.123. The summed E-state index contributed by atoms with van der Waals surface area (Å²) in [5, 5.41) is 10.7. The van der Waals surface area contributed by atoms with E-state index in [2.05, 4.69) is 173 Å². The van der Waals surface area contributed by atoms with Gasteiger partial charge in [0.15, 0.2) is 0 Å². The zero-order valence-corrected chi connectivity index (χ0v) is 34.9. The number of hydrogen-bond acceptors (Lipinski definition) is 0. The fourth-order valence-electron chi connectivity index (χ4n) is 6.39. The number of halogens is 2. The molecule has 8 aromatic carbocycles. The first-order chi connectivity index (χ1) is 22.1. The van der Waals surface area contributed by atoms with Crippen LogP contribution in [0.4, 0.5) is 0 Å². The first-order valence-corrected chi connectivity index (χ1v) is 16.5. The van der Waals surface area contributed by atoms with Gasteiger partial charge in [0.25, 0.3) is 0 Å². The second-order valence-corrected chi connectivity index (χ2v) is 11.8. The minimum absolute atomic E-state index is 0. The maximum atomic E-state index is 2.34. The first kappa shape index (κ1) is 44.8. The van der Waals surface area contributed by atoms with E-state index in [4.69, 9.17) is 0 Å². The predicted octanol–water partition coefficient (Wildman–Crippen LogP) is 14.2. The maximum Gasteiger partial charge on any atom is 3.00 e. The number of aryl methyl sites for hydroxylation is 2. The first-order valence-electron chi connectivity index (χ1n) is 16.5. The smallest absolute Gasteiger partial charge is 0.358 e. The summed E-state index contributed by atoms with van der Waals surface area (Å²) >= 11 is 0. The van der Waals surface area contributed by atoms with E-state index in [1.807, 2.05) is 0 Å². The molecule has 253 valence electrons. The van der Waals surface area contributed by atoms with Crippen LogP contribution in [0.1, 0.15) is 45.2 Å². The zero-order valence-electron chi connectivity index (χ0n) is 29.8. The monoisotopic (exact) mass is 787 g/mol. The Balaban J connectivity index is 0.000000424. The molecule has 0 saturated carbocycles. The van der Waals surface area contributed by atoms with Crippen molar-refractivity contribution in [3.63, 3.8) is 0 Å². The van der Waals surface area contributed by atoms with Crippen molar-refractivity contribution in [3.8, 4) is 22.3 Å². The zero-order chi connectivity index (χ0) is 31.2. The Morgan fingerprint density at radius 1 is 0.420 bits per heavy atom. The number of hydrogen-bond donors (Lipinski definition) is 0. The van der Waals surface area contributed by atoms with Crippen molar-refractivity contribution < 1.29 is 26.2 Å². The van der Waals surface area contributed by atoms with Gasteiger partial charge in [-0.15, -0.1) is 93.9 Å². The van der Waals surface area contributed by atoms with Gasteiger partial charge < -0.3 is 7.43 Å². The van der Waals surface area contributed by atoms with Crippen molar-refractivity contribution in [1.29, 1.82) is 0 Å². The summed E-state index contributed by atoms with van der Waals surface area (Å²) < 4.78 is 0. The van der Waals surface area contributed by atoms with Crippen molar-refractivity contribution >= 4 is 78.9 Å². The van der Waals surface area contributed by atoms with E-state index in [0.29, 0.717) is 0 Å². The summed E-state index contributed by atoms with van der Waals surface area (Å²) in [6.07, 6.45) is 3.42. The Labute approximate surface area is 336 Å². The van der Waals surface area contributed by atoms with E-state index < -0.39 is 0 Å². The largest absolute Gasteiger partial charge is 3.00 e. The van der Waals surface area contributed by atoms with E-state index in [9.17, 15) is 0 Å². The van der Waals surface area contributed by atoms with E-state index in [1.165, 1.54) is 82.9 Å². The van der Waals surface area contributed by atoms with Crippen LogP contribution >= 0.6 is 24.8 Å². The predicted molar refractivity (Wildman–Crippen MR) is 226 cm³/mol. The minimum atomic E-state index is 0. The topological polar surface area (TPSA) is 0 Å². The molecule has 4 heteroatoms. The van der Waals surface area contributed by atoms with Crippen LogP contribution in [-0.4, -0.2) is 11.0 Å². The molecule has 0 nitrogen and oxygen atoms in total. The van der Waals surface area contributed by atoms with Crippen molar-refractivity contribution in [3.05, 3.63) is 164 Å². The van der Waals surface area contributed by atoms with Crippen LogP contribution < -0.4 is 0 Å². The average Bonchev–Trinajstić information content (AvgIpc) is 3.73. The molecular weight excluding hydrogens is 743 g/mol. The van der Waals surface area contributed by atoms with E-state index >= 15 is 0 Å². The molecule has 0 N–H and O–H groups in total. The molecule has 0 aromatic heterocycles. The van der Waals surface area contributed by atoms with Crippen molar-refractivity contribution in [2.75, 3.05) is 0 Å². The van der Waals surface area contributed by atoms with Crippen molar-refractivity contribution in [1.82, 2.24) is 0 Å². The third-order valence-electron chi connectivity index (χ3n) is 8.60. The second-order valence-electron chi connectivity index (χ2n) is 11.8. The molecule has 0 aliphatic rings. The standard InChI is InChI=1S/2C21H17.C3H8.CH3.2ClH.Si.Zr/c2*1-2-15-13-17-9-6-12-20(21(17)14-15)19-11-5-8-16-7-3-4-10-18(16)19;1-3-2;;;;;/h2*3-14H,2H2,1H3;3H2,1-2H3;1H3;2*1H;;/q2*-1;;-1;;;;+3. The van der Waals surface area contributed by atoms with Crippen molar-refractivity contribution in [2.24, 2.45) is 0 Å². The van der Waals surface area contributed by atoms with Crippen LogP contribution in [0.3, 0.4) is 0 Å². The molecule has 0 spiro atoms. The molecule has 0 fully saturated rings. The summed E-state index contributed by atoms with van der Waals surface area (Å²) in [4.78, 5) is 0. The normalized spacial score (nSPS) is 9.84. The minimum Gasteiger partial charge on any atom is -0.358 e.